The lowest BCUT2D eigenvalue weighted by Gasteiger charge is -2.47. The molecule has 2 rings (SSSR count). The Balaban J connectivity index is 1.81. The highest BCUT2D eigenvalue weighted by Crippen LogP contribution is 2.40. The molecule has 2 aliphatic rings. The van der Waals surface area contributed by atoms with Crippen molar-refractivity contribution in [3.8, 4) is 0 Å². The quantitative estimate of drug-likeness (QED) is 0.102. The zero-order valence-electron chi connectivity index (χ0n) is 20.8. The largest absolute Gasteiger partial charge is 0.394 e. The molecule has 0 aromatic heterocycles. The summed E-state index contributed by atoms with van der Waals surface area (Å²) in [5.74, 6) is -12.3. The average Bonchev–Trinajstić information content (AvgIpc) is 3.24. The number of hydrogen-bond donors (Lipinski definition) is 10. The van der Waals surface area contributed by atoms with Gasteiger partial charge in [0.2, 0.25) is 11.8 Å². The van der Waals surface area contributed by atoms with E-state index in [1.807, 2.05) is 5.32 Å². The fourth-order valence-corrected chi connectivity index (χ4v) is 3.97. The van der Waals surface area contributed by atoms with Gasteiger partial charge >= 0.3 is 5.92 Å². The van der Waals surface area contributed by atoms with Gasteiger partial charge in [0.05, 0.1) is 12.6 Å². The van der Waals surface area contributed by atoms with E-state index in [0.29, 0.717) is 6.54 Å². The summed E-state index contributed by atoms with van der Waals surface area (Å²) in [6.45, 7) is 2.15. The highest BCUT2D eigenvalue weighted by molar-refractivity contribution is 5.95. The van der Waals surface area contributed by atoms with Crippen LogP contribution in [-0.4, -0.2) is 123 Å². The van der Waals surface area contributed by atoms with E-state index in [0.717, 1.165) is 0 Å². The number of carbonyl (C=O) groups is 4. The standard InChI is InChI=1S/C21H35F2N5O10/c1-3-24-16(33)9(2)26-18(35)15-27-10(17(34)28-15)6-4-5-7-25-19(36)20(22,23)21(37)14(32)13(31)12(30)11(8-29)38-21/h9-15,27,29-32,37H,3-8H2,1-2H3,(H,24,33)(H,25,36)(H,26,35)(H,28,34)/t9-,10-,11+,12-,13-,14+,15+,21+/m0/s1. The van der Waals surface area contributed by atoms with Crippen LogP contribution in [0.5, 0.6) is 0 Å². The molecule has 218 valence electrons. The summed E-state index contributed by atoms with van der Waals surface area (Å²) in [6.07, 6.45) is -9.58. The van der Waals surface area contributed by atoms with Crippen LogP contribution in [0, 0.1) is 0 Å². The van der Waals surface area contributed by atoms with Crippen molar-refractivity contribution in [3.63, 3.8) is 0 Å². The molecule has 38 heavy (non-hydrogen) atoms. The number of unbranched alkanes of at least 4 members (excludes halogenated alkanes) is 1. The first kappa shape index (κ1) is 31.7. The molecule has 17 heteroatoms. The van der Waals surface area contributed by atoms with E-state index in [-0.39, 0.29) is 25.8 Å². The summed E-state index contributed by atoms with van der Waals surface area (Å²) in [5, 5.41) is 60.7. The zero-order chi connectivity index (χ0) is 28.8. The van der Waals surface area contributed by atoms with Crippen molar-refractivity contribution in [2.45, 2.75) is 87.5 Å². The van der Waals surface area contributed by atoms with Crippen molar-refractivity contribution in [1.29, 1.82) is 0 Å². The molecule has 15 nitrogen and oxygen atoms in total. The van der Waals surface area contributed by atoms with Crippen LogP contribution in [0.25, 0.3) is 0 Å². The number of aliphatic hydroxyl groups excluding tert-OH is 4. The maximum Gasteiger partial charge on any atom is 0.379 e. The van der Waals surface area contributed by atoms with Gasteiger partial charge in [-0.1, -0.05) is 0 Å². The van der Waals surface area contributed by atoms with Crippen molar-refractivity contribution in [1.82, 2.24) is 26.6 Å². The minimum Gasteiger partial charge on any atom is -0.394 e. The van der Waals surface area contributed by atoms with Crippen molar-refractivity contribution < 1.29 is 58.2 Å². The first-order chi connectivity index (χ1) is 17.7. The maximum atomic E-state index is 14.7. The van der Waals surface area contributed by atoms with E-state index in [4.69, 9.17) is 5.11 Å². The molecule has 2 heterocycles. The third-order valence-electron chi connectivity index (χ3n) is 6.24. The van der Waals surface area contributed by atoms with Gasteiger partial charge in [-0.3, -0.25) is 24.5 Å². The molecule has 0 aliphatic carbocycles. The van der Waals surface area contributed by atoms with Gasteiger partial charge in [0.15, 0.2) is 6.17 Å². The lowest BCUT2D eigenvalue weighted by atomic mass is 9.88. The molecule has 0 bridgehead atoms. The fourth-order valence-electron chi connectivity index (χ4n) is 3.97. The number of nitrogens with one attached hydrogen (secondary N) is 5. The molecular formula is C21H35F2N5O10. The Hall–Kier alpha value is -2.54. The van der Waals surface area contributed by atoms with E-state index in [9.17, 15) is 48.4 Å². The van der Waals surface area contributed by atoms with Crippen LogP contribution < -0.4 is 26.6 Å². The summed E-state index contributed by atoms with van der Waals surface area (Å²) < 4.78 is 33.9. The Labute approximate surface area is 216 Å². The molecule has 0 unspecified atom stereocenters. The predicted octanol–water partition coefficient (Wildman–Crippen LogP) is -4.87. The van der Waals surface area contributed by atoms with Crippen LogP contribution in [0.2, 0.25) is 0 Å². The number of likely N-dealkylation sites (N-methyl/N-ethyl adjacent to an activating group) is 1. The topological polar surface area (TPSA) is 239 Å². The second-order valence-corrected chi connectivity index (χ2v) is 9.07. The van der Waals surface area contributed by atoms with Crippen molar-refractivity contribution in [2.75, 3.05) is 19.7 Å². The molecule has 0 radical (unpaired) electrons. The number of hydrogen-bond acceptors (Lipinski definition) is 11. The Bertz CT molecular complexity index is 881. The smallest absolute Gasteiger partial charge is 0.379 e. The van der Waals surface area contributed by atoms with Crippen LogP contribution in [-0.2, 0) is 23.9 Å². The van der Waals surface area contributed by atoms with Gasteiger partial charge in [0.1, 0.15) is 30.5 Å². The predicted molar refractivity (Wildman–Crippen MR) is 122 cm³/mol. The monoisotopic (exact) mass is 555 g/mol. The van der Waals surface area contributed by atoms with Crippen LogP contribution in [0.4, 0.5) is 8.78 Å². The van der Waals surface area contributed by atoms with E-state index in [1.54, 1.807) is 6.92 Å². The number of alkyl halides is 2. The van der Waals surface area contributed by atoms with Crippen LogP contribution in [0.3, 0.4) is 0 Å². The molecule has 10 N–H and O–H groups in total. The number of ether oxygens (including phenoxy) is 1. The molecule has 4 amide bonds. The minimum absolute atomic E-state index is 0.0980. The minimum atomic E-state index is -4.79. The Morgan fingerprint density at radius 2 is 1.82 bits per heavy atom. The van der Waals surface area contributed by atoms with Crippen molar-refractivity contribution >= 4 is 23.6 Å². The lowest BCUT2D eigenvalue weighted by Crippen LogP contribution is -2.73. The second kappa shape index (κ2) is 13.0. The van der Waals surface area contributed by atoms with Crippen LogP contribution in [0.15, 0.2) is 0 Å². The Morgan fingerprint density at radius 3 is 2.42 bits per heavy atom. The highest BCUT2D eigenvalue weighted by atomic mass is 19.3. The number of rotatable bonds is 12. The maximum absolute atomic E-state index is 14.7. The third kappa shape index (κ3) is 6.71. The van der Waals surface area contributed by atoms with Gasteiger partial charge in [-0.25, -0.2) is 0 Å². The first-order valence-corrected chi connectivity index (χ1v) is 12.1. The van der Waals surface area contributed by atoms with Gasteiger partial charge in [-0.15, -0.1) is 0 Å². The van der Waals surface area contributed by atoms with Crippen molar-refractivity contribution in [3.05, 3.63) is 0 Å². The Morgan fingerprint density at radius 1 is 1.16 bits per heavy atom. The van der Waals surface area contributed by atoms with E-state index in [1.165, 1.54) is 6.92 Å². The first-order valence-electron chi connectivity index (χ1n) is 12.1. The number of carbonyl (C=O) groups excluding carboxylic acids is 4. The third-order valence-corrected chi connectivity index (χ3v) is 6.24. The highest BCUT2D eigenvalue weighted by Gasteiger charge is 2.69. The van der Waals surface area contributed by atoms with Crippen LogP contribution in [0.1, 0.15) is 33.1 Å². The summed E-state index contributed by atoms with van der Waals surface area (Å²) >= 11 is 0. The normalized spacial score (nSPS) is 32.3. The summed E-state index contributed by atoms with van der Waals surface area (Å²) in [7, 11) is 0. The fraction of sp³-hybridized carbons (Fsp3) is 0.810. The van der Waals surface area contributed by atoms with Gasteiger partial charge < -0.3 is 51.5 Å². The van der Waals surface area contributed by atoms with Gasteiger partial charge in [0, 0.05) is 13.1 Å². The van der Waals surface area contributed by atoms with Crippen LogP contribution >= 0.6 is 0 Å². The molecule has 0 spiro atoms. The number of halogens is 2. The lowest BCUT2D eigenvalue weighted by molar-refractivity contribution is -0.401. The molecular weight excluding hydrogens is 520 g/mol. The molecule has 0 saturated carbocycles. The molecule has 0 aromatic carbocycles. The molecule has 8 atom stereocenters. The molecule has 2 aliphatic heterocycles. The average molecular weight is 556 g/mol. The second-order valence-electron chi connectivity index (χ2n) is 9.07. The zero-order valence-corrected chi connectivity index (χ0v) is 20.8. The summed E-state index contributed by atoms with van der Waals surface area (Å²) in [6, 6.07) is -1.62. The summed E-state index contributed by atoms with van der Waals surface area (Å²) in [5.41, 5.74) is 0. The number of aliphatic hydroxyl groups is 5. The van der Waals surface area contributed by atoms with Gasteiger partial charge in [-0.2, -0.15) is 8.78 Å². The summed E-state index contributed by atoms with van der Waals surface area (Å²) in [4.78, 5) is 48.2. The molecule has 2 saturated heterocycles. The van der Waals surface area contributed by atoms with E-state index >= 15 is 0 Å². The number of amides is 4. The Kier molecular flexibility index (Phi) is 10.8. The molecule has 0 aromatic rings. The van der Waals surface area contributed by atoms with E-state index in [2.05, 4.69) is 26.0 Å². The SMILES string of the molecule is CCNC(=O)[C@H](C)NC(=O)[C@H]1NC(=O)[C@H](CCCCNC(=O)C(F)(F)[C@]2(O)O[C@H](CO)[C@H](O)[C@H](O)[C@H]2O)N1. The molecule has 2 fully saturated rings. The van der Waals surface area contributed by atoms with Gasteiger partial charge in [0.25, 0.3) is 17.6 Å². The van der Waals surface area contributed by atoms with E-state index < -0.39 is 84.6 Å². The van der Waals surface area contributed by atoms with Crippen molar-refractivity contribution in [2.24, 2.45) is 0 Å². The van der Waals surface area contributed by atoms with Gasteiger partial charge in [-0.05, 0) is 33.1 Å².